The maximum absolute atomic E-state index is 11.9. The minimum atomic E-state index is -0.0212. The van der Waals surface area contributed by atoms with Crippen molar-refractivity contribution < 1.29 is 4.79 Å². The zero-order chi connectivity index (χ0) is 10.8. The molecule has 1 saturated heterocycles. The van der Waals surface area contributed by atoms with Gasteiger partial charge < -0.3 is 10.6 Å². The number of carbonyl (C=O) groups excluding carboxylic acids is 1. The molecule has 0 spiro atoms. The Balaban J connectivity index is 2.11. The van der Waals surface area contributed by atoms with Crippen LogP contribution in [-0.4, -0.2) is 34.9 Å². The van der Waals surface area contributed by atoms with Crippen LogP contribution in [0.15, 0.2) is 18.3 Å². The summed E-state index contributed by atoms with van der Waals surface area (Å²) in [6.07, 6.45) is 2.36. The van der Waals surface area contributed by atoms with Gasteiger partial charge >= 0.3 is 0 Å². The van der Waals surface area contributed by atoms with Crippen LogP contribution in [-0.2, 0) is 0 Å². The molecular formula is C10H12ClN3O. The predicted molar refractivity (Wildman–Crippen MR) is 57.7 cm³/mol. The number of hydrogen-bond acceptors (Lipinski definition) is 3. The molecule has 1 aliphatic rings. The third kappa shape index (κ3) is 2.27. The van der Waals surface area contributed by atoms with Gasteiger partial charge in [0.1, 0.15) is 5.15 Å². The fourth-order valence-corrected chi connectivity index (χ4v) is 1.77. The van der Waals surface area contributed by atoms with Crippen molar-refractivity contribution in [3.8, 4) is 0 Å². The van der Waals surface area contributed by atoms with Crippen LogP contribution >= 0.6 is 11.6 Å². The summed E-state index contributed by atoms with van der Waals surface area (Å²) in [6.45, 7) is 1.35. The number of amides is 1. The Morgan fingerprint density at radius 3 is 2.93 bits per heavy atom. The number of rotatable bonds is 1. The number of nitrogens with zero attached hydrogens (tertiary/aromatic N) is 2. The van der Waals surface area contributed by atoms with E-state index in [1.807, 2.05) is 0 Å². The molecule has 0 radical (unpaired) electrons. The normalized spacial score (nSPS) is 20.7. The molecule has 0 bridgehead atoms. The van der Waals surface area contributed by atoms with Crippen LogP contribution < -0.4 is 5.73 Å². The van der Waals surface area contributed by atoms with Gasteiger partial charge in [-0.25, -0.2) is 4.98 Å². The number of carbonyl (C=O) groups is 1. The summed E-state index contributed by atoms with van der Waals surface area (Å²) in [5, 5.41) is 0.393. The Labute approximate surface area is 93.0 Å². The van der Waals surface area contributed by atoms with E-state index in [-0.39, 0.29) is 11.9 Å². The second kappa shape index (κ2) is 4.16. The highest BCUT2D eigenvalue weighted by Gasteiger charge is 2.24. The monoisotopic (exact) mass is 225 g/mol. The van der Waals surface area contributed by atoms with Crippen molar-refractivity contribution in [2.45, 2.75) is 12.5 Å². The standard InChI is InChI=1S/C10H12ClN3O/c11-9-2-1-7(5-13-9)10(15)14-4-3-8(12)6-14/h1-2,5,8H,3-4,6,12H2/t8-/m1/s1. The quantitative estimate of drug-likeness (QED) is 0.723. The summed E-state index contributed by atoms with van der Waals surface area (Å²) in [5.41, 5.74) is 6.30. The van der Waals surface area contributed by atoms with Crippen LogP contribution in [0.25, 0.3) is 0 Å². The SMILES string of the molecule is N[C@@H]1CCN(C(=O)c2ccc(Cl)nc2)C1. The van der Waals surface area contributed by atoms with Gasteiger partial charge in [0.25, 0.3) is 5.91 Å². The average molecular weight is 226 g/mol. The third-order valence-electron chi connectivity index (χ3n) is 2.49. The second-order valence-corrected chi connectivity index (χ2v) is 4.06. The Morgan fingerprint density at radius 1 is 1.60 bits per heavy atom. The molecule has 15 heavy (non-hydrogen) atoms. The lowest BCUT2D eigenvalue weighted by molar-refractivity contribution is 0.0790. The minimum absolute atomic E-state index is 0.0212. The Hall–Kier alpha value is -1.13. The molecule has 0 aliphatic carbocycles. The summed E-state index contributed by atoms with van der Waals surface area (Å²) < 4.78 is 0. The smallest absolute Gasteiger partial charge is 0.255 e. The number of hydrogen-bond donors (Lipinski definition) is 1. The lowest BCUT2D eigenvalue weighted by atomic mass is 10.2. The Kier molecular flexibility index (Phi) is 2.88. The predicted octanol–water partition coefficient (Wildman–Crippen LogP) is 0.908. The molecular weight excluding hydrogens is 214 g/mol. The Morgan fingerprint density at radius 2 is 2.40 bits per heavy atom. The van der Waals surface area contributed by atoms with E-state index < -0.39 is 0 Å². The van der Waals surface area contributed by atoms with E-state index in [0.717, 1.165) is 13.0 Å². The highest BCUT2D eigenvalue weighted by atomic mass is 35.5. The van der Waals surface area contributed by atoms with Gasteiger partial charge in [0.05, 0.1) is 5.56 Å². The summed E-state index contributed by atoms with van der Waals surface area (Å²) >= 11 is 5.64. The van der Waals surface area contributed by atoms with Crippen LogP contribution in [0.2, 0.25) is 5.15 Å². The van der Waals surface area contributed by atoms with Crippen molar-refractivity contribution in [3.05, 3.63) is 29.0 Å². The molecule has 0 aromatic carbocycles. The zero-order valence-corrected chi connectivity index (χ0v) is 8.94. The van der Waals surface area contributed by atoms with E-state index in [0.29, 0.717) is 17.3 Å². The largest absolute Gasteiger partial charge is 0.337 e. The minimum Gasteiger partial charge on any atom is -0.337 e. The van der Waals surface area contributed by atoms with Crippen LogP contribution in [0.1, 0.15) is 16.8 Å². The molecule has 1 fully saturated rings. The average Bonchev–Trinajstić information content (AvgIpc) is 2.65. The van der Waals surface area contributed by atoms with Gasteiger partial charge in [-0.2, -0.15) is 0 Å². The molecule has 4 nitrogen and oxygen atoms in total. The van der Waals surface area contributed by atoms with Gasteiger partial charge in [0.2, 0.25) is 0 Å². The van der Waals surface area contributed by atoms with Crippen LogP contribution in [0, 0.1) is 0 Å². The topological polar surface area (TPSA) is 59.2 Å². The van der Waals surface area contributed by atoms with Gasteiger partial charge in [0, 0.05) is 25.3 Å². The second-order valence-electron chi connectivity index (χ2n) is 3.67. The molecule has 0 unspecified atom stereocenters. The molecule has 5 heteroatoms. The first-order valence-electron chi connectivity index (χ1n) is 4.83. The van der Waals surface area contributed by atoms with E-state index in [1.54, 1.807) is 17.0 Å². The molecule has 1 aliphatic heterocycles. The lowest BCUT2D eigenvalue weighted by Gasteiger charge is -2.15. The van der Waals surface area contributed by atoms with E-state index in [2.05, 4.69) is 4.98 Å². The van der Waals surface area contributed by atoms with Crippen molar-refractivity contribution >= 4 is 17.5 Å². The first-order chi connectivity index (χ1) is 7.16. The molecule has 2 rings (SSSR count). The maximum atomic E-state index is 11.9. The summed E-state index contributed by atoms with van der Waals surface area (Å²) in [5.74, 6) is -0.0212. The van der Waals surface area contributed by atoms with Gasteiger partial charge in [0.15, 0.2) is 0 Å². The molecule has 1 aromatic heterocycles. The van der Waals surface area contributed by atoms with E-state index in [4.69, 9.17) is 17.3 Å². The first-order valence-corrected chi connectivity index (χ1v) is 5.21. The van der Waals surface area contributed by atoms with Gasteiger partial charge in [-0.3, -0.25) is 4.79 Å². The highest BCUT2D eigenvalue weighted by Crippen LogP contribution is 2.13. The van der Waals surface area contributed by atoms with E-state index >= 15 is 0 Å². The molecule has 0 saturated carbocycles. The van der Waals surface area contributed by atoms with Crippen molar-refractivity contribution in [1.82, 2.24) is 9.88 Å². The van der Waals surface area contributed by atoms with Crippen molar-refractivity contribution in [2.24, 2.45) is 5.73 Å². The number of aromatic nitrogens is 1. The molecule has 2 heterocycles. The fraction of sp³-hybridized carbons (Fsp3) is 0.400. The molecule has 1 atom stereocenters. The lowest BCUT2D eigenvalue weighted by Crippen LogP contribution is -2.31. The van der Waals surface area contributed by atoms with Gasteiger partial charge in [-0.05, 0) is 18.6 Å². The fourth-order valence-electron chi connectivity index (χ4n) is 1.66. The van der Waals surface area contributed by atoms with Crippen LogP contribution in [0.3, 0.4) is 0 Å². The van der Waals surface area contributed by atoms with E-state index in [1.165, 1.54) is 6.20 Å². The van der Waals surface area contributed by atoms with Crippen molar-refractivity contribution in [3.63, 3.8) is 0 Å². The molecule has 1 aromatic rings. The van der Waals surface area contributed by atoms with Crippen molar-refractivity contribution in [1.29, 1.82) is 0 Å². The molecule has 1 amide bonds. The van der Waals surface area contributed by atoms with Crippen LogP contribution in [0.4, 0.5) is 0 Å². The number of pyridine rings is 1. The van der Waals surface area contributed by atoms with Crippen LogP contribution in [0.5, 0.6) is 0 Å². The summed E-state index contributed by atoms with van der Waals surface area (Å²) in [6, 6.07) is 3.40. The van der Waals surface area contributed by atoms with E-state index in [9.17, 15) is 4.79 Å². The first kappa shape index (κ1) is 10.4. The highest BCUT2D eigenvalue weighted by molar-refractivity contribution is 6.29. The number of nitrogens with two attached hydrogens (primary N) is 1. The number of likely N-dealkylation sites (tertiary alicyclic amines) is 1. The molecule has 2 N–H and O–H groups in total. The number of halogens is 1. The summed E-state index contributed by atoms with van der Waals surface area (Å²) in [7, 11) is 0. The van der Waals surface area contributed by atoms with Crippen molar-refractivity contribution in [2.75, 3.05) is 13.1 Å². The van der Waals surface area contributed by atoms with Gasteiger partial charge in [-0.1, -0.05) is 11.6 Å². The maximum Gasteiger partial charge on any atom is 0.255 e. The summed E-state index contributed by atoms with van der Waals surface area (Å²) in [4.78, 5) is 17.5. The van der Waals surface area contributed by atoms with Gasteiger partial charge in [-0.15, -0.1) is 0 Å². The molecule has 80 valence electrons. The third-order valence-corrected chi connectivity index (χ3v) is 2.71. The zero-order valence-electron chi connectivity index (χ0n) is 8.19. The Bertz CT molecular complexity index is 365.